The first kappa shape index (κ1) is 13.1. The fourth-order valence-electron chi connectivity index (χ4n) is 2.93. The zero-order valence-electron chi connectivity index (χ0n) is 11.4. The van der Waals surface area contributed by atoms with Gasteiger partial charge in [-0.05, 0) is 25.1 Å². The number of aromatic nitrogens is 2. The van der Waals surface area contributed by atoms with Crippen molar-refractivity contribution in [1.29, 1.82) is 0 Å². The maximum absolute atomic E-state index is 12.4. The van der Waals surface area contributed by atoms with Crippen LogP contribution in [0.4, 0.5) is 0 Å². The average molecular weight is 317 g/mol. The number of hydrogen-bond acceptors (Lipinski definition) is 5. The lowest BCUT2D eigenvalue weighted by Gasteiger charge is -2.11. The Balaban J connectivity index is 2.42. The largest absolute Gasteiger partial charge is 0.455 e. The standard InChI is InChI=1S/C15H9ClN2O4/c1-6-11-12(13-9(17-6)5-22-15(13)20)8-4-7(16)2-3-10(8)18(21)14(11)19/h2-4,21H,5H2,1H3. The minimum atomic E-state index is -0.627. The summed E-state index contributed by atoms with van der Waals surface area (Å²) in [7, 11) is 0. The molecule has 0 saturated carbocycles. The third-order valence-electron chi connectivity index (χ3n) is 3.86. The second kappa shape index (κ2) is 4.20. The van der Waals surface area contributed by atoms with Crippen LogP contribution < -0.4 is 5.56 Å². The Hall–Kier alpha value is -2.60. The van der Waals surface area contributed by atoms with Gasteiger partial charge < -0.3 is 9.94 Å². The highest BCUT2D eigenvalue weighted by atomic mass is 35.5. The number of halogens is 1. The Morgan fingerprint density at radius 2 is 2.09 bits per heavy atom. The van der Waals surface area contributed by atoms with Crippen LogP contribution >= 0.6 is 11.6 Å². The van der Waals surface area contributed by atoms with Crippen LogP contribution in [0.25, 0.3) is 21.7 Å². The highest BCUT2D eigenvalue weighted by Crippen LogP contribution is 2.33. The number of carbonyl (C=O) groups excluding carboxylic acids is 1. The number of benzene rings is 1. The Morgan fingerprint density at radius 3 is 2.86 bits per heavy atom. The van der Waals surface area contributed by atoms with Crippen LogP contribution in [0, 0.1) is 6.92 Å². The number of aryl methyl sites for hydroxylation is 1. The maximum atomic E-state index is 12.4. The molecule has 2 aromatic heterocycles. The van der Waals surface area contributed by atoms with E-state index >= 15 is 0 Å². The zero-order valence-corrected chi connectivity index (χ0v) is 12.1. The molecule has 0 saturated heterocycles. The van der Waals surface area contributed by atoms with E-state index in [1.165, 1.54) is 6.07 Å². The smallest absolute Gasteiger partial charge is 0.341 e. The monoisotopic (exact) mass is 316 g/mol. The van der Waals surface area contributed by atoms with Crippen LogP contribution in [0.2, 0.25) is 5.02 Å². The maximum Gasteiger partial charge on any atom is 0.341 e. The second-order valence-electron chi connectivity index (χ2n) is 5.12. The van der Waals surface area contributed by atoms with Crippen molar-refractivity contribution in [2.24, 2.45) is 0 Å². The van der Waals surface area contributed by atoms with Gasteiger partial charge in [0.25, 0.3) is 5.56 Å². The lowest BCUT2D eigenvalue weighted by molar-refractivity contribution is 0.0534. The van der Waals surface area contributed by atoms with E-state index in [2.05, 4.69) is 4.98 Å². The lowest BCUT2D eigenvalue weighted by atomic mass is 10.00. The molecule has 0 unspecified atom stereocenters. The van der Waals surface area contributed by atoms with Crippen molar-refractivity contribution in [3.05, 3.63) is 50.5 Å². The van der Waals surface area contributed by atoms with E-state index < -0.39 is 11.5 Å². The minimum Gasteiger partial charge on any atom is -0.455 e. The normalized spacial score (nSPS) is 13.6. The number of esters is 1. The SMILES string of the molecule is Cc1nc2c(c3c1c(=O)n(O)c1ccc(Cl)cc31)C(=O)OC2. The molecule has 1 N–H and O–H groups in total. The minimum absolute atomic E-state index is 0.0786. The third-order valence-corrected chi connectivity index (χ3v) is 4.09. The number of ether oxygens (including phenoxy) is 1. The van der Waals surface area contributed by atoms with Crippen molar-refractivity contribution in [3.8, 4) is 0 Å². The van der Waals surface area contributed by atoms with Crippen molar-refractivity contribution in [1.82, 2.24) is 9.71 Å². The molecule has 0 atom stereocenters. The average Bonchev–Trinajstić information content (AvgIpc) is 2.84. The molecule has 7 heteroatoms. The van der Waals surface area contributed by atoms with E-state index in [4.69, 9.17) is 16.3 Å². The molecule has 110 valence electrons. The van der Waals surface area contributed by atoms with Crippen LogP contribution in [0.1, 0.15) is 21.7 Å². The Morgan fingerprint density at radius 1 is 1.32 bits per heavy atom. The summed E-state index contributed by atoms with van der Waals surface area (Å²) in [6, 6.07) is 4.70. The van der Waals surface area contributed by atoms with Gasteiger partial charge in [-0.1, -0.05) is 11.6 Å². The van der Waals surface area contributed by atoms with E-state index in [1.807, 2.05) is 0 Å². The van der Waals surface area contributed by atoms with Gasteiger partial charge in [-0.15, -0.1) is 4.73 Å². The number of rotatable bonds is 0. The van der Waals surface area contributed by atoms with Crippen molar-refractivity contribution < 1.29 is 14.7 Å². The molecule has 0 fully saturated rings. The quantitative estimate of drug-likeness (QED) is 0.391. The number of carbonyl (C=O) groups is 1. The predicted octanol–water partition coefficient (Wildman–Crippen LogP) is 2.42. The van der Waals surface area contributed by atoms with Crippen molar-refractivity contribution in [2.75, 3.05) is 0 Å². The van der Waals surface area contributed by atoms with Crippen molar-refractivity contribution >= 4 is 39.2 Å². The molecule has 0 bridgehead atoms. The molecule has 0 spiro atoms. The van der Waals surface area contributed by atoms with Crippen molar-refractivity contribution in [3.63, 3.8) is 0 Å². The summed E-state index contributed by atoms with van der Waals surface area (Å²) in [5.74, 6) is -0.524. The van der Waals surface area contributed by atoms with Gasteiger partial charge in [0, 0.05) is 15.8 Å². The van der Waals surface area contributed by atoms with Gasteiger partial charge in [0.15, 0.2) is 0 Å². The summed E-state index contributed by atoms with van der Waals surface area (Å²) < 4.78 is 5.58. The molecular formula is C15H9ClN2O4. The fraction of sp³-hybridized carbons (Fsp3) is 0.133. The summed E-state index contributed by atoms with van der Waals surface area (Å²) in [5.41, 5.74) is 0.838. The van der Waals surface area contributed by atoms with Crippen LogP contribution in [0.3, 0.4) is 0 Å². The van der Waals surface area contributed by atoms with Gasteiger partial charge in [-0.3, -0.25) is 9.78 Å². The molecule has 1 aromatic carbocycles. The van der Waals surface area contributed by atoms with E-state index in [-0.39, 0.29) is 23.1 Å². The second-order valence-corrected chi connectivity index (χ2v) is 5.56. The number of cyclic esters (lactones) is 1. The predicted molar refractivity (Wildman–Crippen MR) is 79.6 cm³/mol. The van der Waals surface area contributed by atoms with Crippen LogP contribution in [-0.4, -0.2) is 20.9 Å². The molecule has 1 aliphatic rings. The lowest BCUT2D eigenvalue weighted by Crippen LogP contribution is -2.20. The van der Waals surface area contributed by atoms with Gasteiger partial charge in [0.2, 0.25) is 0 Å². The Labute approximate surface area is 128 Å². The topological polar surface area (TPSA) is 81.4 Å². The molecule has 0 amide bonds. The summed E-state index contributed by atoms with van der Waals surface area (Å²) in [5, 5.41) is 11.7. The molecule has 3 aromatic rings. The summed E-state index contributed by atoms with van der Waals surface area (Å²) >= 11 is 6.04. The third kappa shape index (κ3) is 1.52. The molecule has 0 aliphatic carbocycles. The molecule has 4 rings (SSSR count). The molecule has 1 aliphatic heterocycles. The molecule has 6 nitrogen and oxygen atoms in total. The van der Waals surface area contributed by atoms with Gasteiger partial charge in [0.1, 0.15) is 6.61 Å². The summed E-state index contributed by atoms with van der Waals surface area (Å²) in [6.07, 6.45) is 0. The number of pyridine rings is 2. The Kier molecular flexibility index (Phi) is 2.50. The first-order valence-electron chi connectivity index (χ1n) is 6.53. The van der Waals surface area contributed by atoms with Gasteiger partial charge in [-0.25, -0.2) is 4.79 Å². The van der Waals surface area contributed by atoms with E-state index in [0.29, 0.717) is 31.9 Å². The zero-order chi connectivity index (χ0) is 15.6. The van der Waals surface area contributed by atoms with Crippen molar-refractivity contribution in [2.45, 2.75) is 13.5 Å². The first-order chi connectivity index (χ1) is 10.5. The van der Waals surface area contributed by atoms with Gasteiger partial charge >= 0.3 is 5.97 Å². The fourth-order valence-corrected chi connectivity index (χ4v) is 3.11. The highest BCUT2D eigenvalue weighted by molar-refractivity contribution is 6.32. The van der Waals surface area contributed by atoms with E-state index in [0.717, 1.165) is 0 Å². The van der Waals surface area contributed by atoms with Crippen LogP contribution in [0.15, 0.2) is 23.0 Å². The van der Waals surface area contributed by atoms with Gasteiger partial charge in [-0.2, -0.15) is 0 Å². The number of hydrogen-bond donors (Lipinski definition) is 1. The summed E-state index contributed by atoms with van der Waals surface area (Å²) in [4.78, 5) is 28.8. The summed E-state index contributed by atoms with van der Waals surface area (Å²) in [6.45, 7) is 1.73. The molecule has 22 heavy (non-hydrogen) atoms. The van der Waals surface area contributed by atoms with Crippen LogP contribution in [0.5, 0.6) is 0 Å². The molecule has 0 radical (unpaired) electrons. The number of nitrogens with zero attached hydrogens (tertiary/aromatic N) is 2. The first-order valence-corrected chi connectivity index (χ1v) is 6.90. The van der Waals surface area contributed by atoms with Crippen LogP contribution in [-0.2, 0) is 11.3 Å². The molecular weight excluding hydrogens is 308 g/mol. The molecule has 3 heterocycles. The number of fused-ring (bicyclic) bond motifs is 5. The van der Waals surface area contributed by atoms with E-state index in [1.54, 1.807) is 19.1 Å². The highest BCUT2D eigenvalue weighted by Gasteiger charge is 2.29. The Bertz CT molecular complexity index is 1060. The van der Waals surface area contributed by atoms with E-state index in [9.17, 15) is 14.8 Å². The van der Waals surface area contributed by atoms with Gasteiger partial charge in [0.05, 0.1) is 27.9 Å².